The van der Waals surface area contributed by atoms with Gasteiger partial charge in [-0.25, -0.2) is 9.59 Å². The smallest absolute Gasteiger partial charge is 0.408 e. The van der Waals surface area contributed by atoms with Crippen LogP contribution in [0.2, 0.25) is 0 Å². The number of amides is 3. The van der Waals surface area contributed by atoms with Crippen LogP contribution in [0.3, 0.4) is 0 Å². The van der Waals surface area contributed by atoms with E-state index in [1.165, 1.54) is 6.08 Å². The number of nitrogens with zero attached hydrogens (tertiary/aromatic N) is 1. The van der Waals surface area contributed by atoms with Crippen molar-refractivity contribution in [2.24, 2.45) is 13.0 Å². The fraction of sp³-hybridized carbons (Fsp3) is 0.432. The summed E-state index contributed by atoms with van der Waals surface area (Å²) in [6, 6.07) is 13.2. The highest BCUT2D eigenvalue weighted by molar-refractivity contribution is 5.95. The molecule has 1 heterocycles. The van der Waals surface area contributed by atoms with Gasteiger partial charge < -0.3 is 34.7 Å². The van der Waals surface area contributed by atoms with Crippen LogP contribution in [0.15, 0.2) is 73.4 Å². The quantitative estimate of drug-likeness (QED) is 0.114. The molecule has 0 bridgehead atoms. The minimum atomic E-state index is -1.44. The maximum Gasteiger partial charge on any atom is 0.408 e. The molecule has 0 saturated carbocycles. The van der Waals surface area contributed by atoms with E-state index in [0.29, 0.717) is 6.42 Å². The number of benzene rings is 2. The average molecular weight is 677 g/mol. The lowest BCUT2D eigenvalue weighted by molar-refractivity contribution is -0.156. The van der Waals surface area contributed by atoms with Crippen molar-refractivity contribution in [3.63, 3.8) is 0 Å². The van der Waals surface area contributed by atoms with Crippen LogP contribution < -0.4 is 16.0 Å². The first-order valence-electron chi connectivity index (χ1n) is 16.3. The molecule has 12 nitrogen and oxygen atoms in total. The molecule has 0 aliphatic carbocycles. The largest absolute Gasteiger partial charge is 0.460 e. The van der Waals surface area contributed by atoms with Crippen LogP contribution in [0.5, 0.6) is 0 Å². The summed E-state index contributed by atoms with van der Waals surface area (Å²) in [5.74, 6) is -3.16. The summed E-state index contributed by atoms with van der Waals surface area (Å²) in [4.78, 5) is 66.1. The van der Waals surface area contributed by atoms with Crippen LogP contribution in [0.25, 0.3) is 10.9 Å². The number of fused-ring (bicyclic) bond motifs is 1. The number of carbonyl (C=O) groups is 5. The Bertz CT molecular complexity index is 1610. The third-order valence-electron chi connectivity index (χ3n) is 7.49. The van der Waals surface area contributed by atoms with Gasteiger partial charge in [0.1, 0.15) is 36.9 Å². The highest BCUT2D eigenvalue weighted by Gasteiger charge is 2.33. The lowest BCUT2D eigenvalue weighted by Crippen LogP contribution is -2.57. The molecule has 12 heteroatoms. The Morgan fingerprint density at radius 2 is 1.53 bits per heavy atom. The van der Waals surface area contributed by atoms with Crippen molar-refractivity contribution in [3.8, 4) is 0 Å². The van der Waals surface area contributed by atoms with Crippen molar-refractivity contribution in [3.05, 3.63) is 84.6 Å². The molecule has 3 rings (SSSR count). The SMILES string of the molecule is C=CCOC(=O)[C@@H](NC(=O)[C@H](CCc1cn(C)c2ccccc12)NC(=O)[C@H](CC(=O)OC(C)(C)C)NC(=O)OCc1ccccc1)C(C)C. The summed E-state index contributed by atoms with van der Waals surface area (Å²) >= 11 is 0. The van der Waals surface area contributed by atoms with Gasteiger partial charge in [0.05, 0.1) is 6.42 Å². The van der Waals surface area contributed by atoms with E-state index in [-0.39, 0.29) is 25.6 Å². The van der Waals surface area contributed by atoms with Crippen molar-refractivity contribution in [2.75, 3.05) is 6.61 Å². The molecule has 3 N–H and O–H groups in total. The first kappa shape index (κ1) is 38.3. The Morgan fingerprint density at radius 3 is 2.18 bits per heavy atom. The van der Waals surface area contributed by atoms with Crippen LogP contribution in [0.4, 0.5) is 4.79 Å². The van der Waals surface area contributed by atoms with Gasteiger partial charge in [-0.15, -0.1) is 0 Å². The predicted molar refractivity (Wildman–Crippen MR) is 185 cm³/mol. The number of ether oxygens (including phenoxy) is 3. The van der Waals surface area contributed by atoms with Crippen LogP contribution in [-0.2, 0) is 53.5 Å². The standard InChI is InChI=1S/C37H48N4O8/c1-8-20-47-35(45)32(24(2)3)40-33(43)28(19-18-26-22-41(7)30-17-13-12-16-27(26)30)38-34(44)29(21-31(42)49-37(4,5)6)39-36(46)48-23-25-14-10-9-11-15-25/h8-17,22,24,28-29,32H,1,18-21,23H2,2-7H3,(H,38,44)(H,39,46)(H,40,43)/t28-,29-,32-/m0/s1. The third-order valence-corrected chi connectivity index (χ3v) is 7.49. The first-order chi connectivity index (χ1) is 23.2. The van der Waals surface area contributed by atoms with E-state index in [4.69, 9.17) is 14.2 Å². The highest BCUT2D eigenvalue weighted by atomic mass is 16.6. The Kier molecular flexibility index (Phi) is 14.0. The van der Waals surface area contributed by atoms with Crippen molar-refractivity contribution in [1.29, 1.82) is 0 Å². The second kappa shape index (κ2) is 17.9. The third kappa shape index (κ3) is 12.1. The second-order valence-corrected chi connectivity index (χ2v) is 13.1. The monoisotopic (exact) mass is 676 g/mol. The summed E-state index contributed by atoms with van der Waals surface area (Å²) in [6.45, 7) is 12.0. The number of para-hydroxylation sites is 1. The molecule has 3 atom stereocenters. The molecule has 2 aromatic carbocycles. The molecule has 0 radical (unpaired) electrons. The van der Waals surface area contributed by atoms with E-state index in [9.17, 15) is 24.0 Å². The zero-order valence-electron chi connectivity index (χ0n) is 29.1. The van der Waals surface area contributed by atoms with E-state index in [1.54, 1.807) is 58.9 Å². The number of rotatable bonds is 16. The van der Waals surface area contributed by atoms with Gasteiger partial charge in [-0.3, -0.25) is 14.4 Å². The van der Waals surface area contributed by atoms with Crippen molar-refractivity contribution >= 4 is 40.7 Å². The van der Waals surface area contributed by atoms with Crippen LogP contribution in [0, 0.1) is 5.92 Å². The van der Waals surface area contributed by atoms with Crippen molar-refractivity contribution < 1.29 is 38.2 Å². The summed E-state index contributed by atoms with van der Waals surface area (Å²) in [5, 5.41) is 8.89. The highest BCUT2D eigenvalue weighted by Crippen LogP contribution is 2.22. The topological polar surface area (TPSA) is 154 Å². The molecule has 0 spiro atoms. The van der Waals surface area contributed by atoms with Gasteiger partial charge in [0.25, 0.3) is 0 Å². The lowest BCUT2D eigenvalue weighted by atomic mass is 10.0. The van der Waals surface area contributed by atoms with E-state index in [1.807, 2.05) is 48.1 Å². The molecule has 3 amide bonds. The number of aromatic nitrogens is 1. The van der Waals surface area contributed by atoms with Gasteiger partial charge in [-0.2, -0.15) is 0 Å². The van der Waals surface area contributed by atoms with Gasteiger partial charge >= 0.3 is 18.0 Å². The Labute approximate surface area is 287 Å². The van der Waals surface area contributed by atoms with Crippen LogP contribution in [0.1, 0.15) is 58.6 Å². The van der Waals surface area contributed by atoms with Gasteiger partial charge in [0, 0.05) is 24.1 Å². The Balaban J connectivity index is 1.86. The molecule has 264 valence electrons. The summed E-state index contributed by atoms with van der Waals surface area (Å²) in [7, 11) is 1.92. The second-order valence-electron chi connectivity index (χ2n) is 13.1. The molecule has 0 fully saturated rings. The lowest BCUT2D eigenvalue weighted by Gasteiger charge is -2.26. The summed E-state index contributed by atoms with van der Waals surface area (Å²) < 4.78 is 17.9. The van der Waals surface area contributed by atoms with E-state index in [2.05, 4.69) is 22.5 Å². The number of carbonyl (C=O) groups excluding carboxylic acids is 5. The first-order valence-corrected chi connectivity index (χ1v) is 16.3. The minimum absolute atomic E-state index is 0.0302. The molecular weight excluding hydrogens is 628 g/mol. The van der Waals surface area contributed by atoms with E-state index in [0.717, 1.165) is 22.0 Å². The molecule has 0 aliphatic heterocycles. The molecule has 3 aromatic rings. The molecular formula is C37H48N4O8. The van der Waals surface area contributed by atoms with Crippen molar-refractivity contribution in [1.82, 2.24) is 20.5 Å². The number of esters is 2. The number of hydrogen-bond acceptors (Lipinski definition) is 8. The zero-order valence-corrected chi connectivity index (χ0v) is 29.1. The maximum absolute atomic E-state index is 13.8. The minimum Gasteiger partial charge on any atom is -0.460 e. The normalized spacial score (nSPS) is 13.1. The number of hydrogen-bond donors (Lipinski definition) is 3. The Hall–Kier alpha value is -5.13. The van der Waals surface area contributed by atoms with E-state index >= 15 is 0 Å². The van der Waals surface area contributed by atoms with Crippen LogP contribution in [-0.4, -0.2) is 64.7 Å². The number of aryl methyl sites for hydroxylation is 2. The number of alkyl carbamates (subject to hydrolysis) is 1. The van der Waals surface area contributed by atoms with Crippen LogP contribution >= 0.6 is 0 Å². The van der Waals surface area contributed by atoms with Gasteiger partial charge in [0.15, 0.2) is 0 Å². The summed E-state index contributed by atoms with van der Waals surface area (Å²) in [6.07, 6.45) is 2.44. The van der Waals surface area contributed by atoms with E-state index < -0.39 is 60.0 Å². The van der Waals surface area contributed by atoms with Gasteiger partial charge in [-0.1, -0.05) is 75.0 Å². The number of nitrogens with one attached hydrogen (secondary N) is 3. The molecule has 49 heavy (non-hydrogen) atoms. The molecule has 0 unspecified atom stereocenters. The fourth-order valence-electron chi connectivity index (χ4n) is 5.11. The maximum atomic E-state index is 13.8. The summed E-state index contributed by atoms with van der Waals surface area (Å²) in [5.41, 5.74) is 1.83. The molecule has 0 aliphatic rings. The van der Waals surface area contributed by atoms with Gasteiger partial charge in [-0.05, 0) is 56.7 Å². The predicted octanol–water partition coefficient (Wildman–Crippen LogP) is 4.49. The average Bonchev–Trinajstić information content (AvgIpc) is 3.37. The van der Waals surface area contributed by atoms with Crippen molar-refractivity contribution in [2.45, 2.75) is 84.2 Å². The fourth-order valence-corrected chi connectivity index (χ4v) is 5.11. The zero-order chi connectivity index (χ0) is 36.1. The van der Waals surface area contributed by atoms with Gasteiger partial charge in [0.2, 0.25) is 11.8 Å². The molecule has 1 aromatic heterocycles. The molecule has 0 saturated heterocycles. The Morgan fingerprint density at radius 1 is 0.878 bits per heavy atom.